The maximum atomic E-state index is 13.6. The number of hydrogen-bond donors (Lipinski definition) is 1. The summed E-state index contributed by atoms with van der Waals surface area (Å²) >= 11 is 0. The van der Waals surface area contributed by atoms with Gasteiger partial charge in [0.1, 0.15) is 5.54 Å². The number of benzene rings is 1. The van der Waals surface area contributed by atoms with Gasteiger partial charge in [0.15, 0.2) is 0 Å². The Bertz CT molecular complexity index is 904. The van der Waals surface area contributed by atoms with Gasteiger partial charge in [-0.05, 0) is 95.0 Å². The number of anilines is 1. The van der Waals surface area contributed by atoms with Crippen molar-refractivity contribution in [3.05, 3.63) is 29.3 Å². The number of hydrogen-bond acceptors (Lipinski definition) is 4. The molecule has 0 radical (unpaired) electrons. The van der Waals surface area contributed by atoms with Gasteiger partial charge in [-0.15, -0.1) is 0 Å². The van der Waals surface area contributed by atoms with Crippen molar-refractivity contribution < 1.29 is 19.5 Å². The highest BCUT2D eigenvalue weighted by molar-refractivity contribution is 6.16. The van der Waals surface area contributed by atoms with Crippen LogP contribution in [0.15, 0.2) is 18.2 Å². The van der Waals surface area contributed by atoms with E-state index in [1.54, 1.807) is 4.90 Å². The van der Waals surface area contributed by atoms with E-state index in [1.807, 2.05) is 19.9 Å². The Morgan fingerprint density at radius 1 is 1.06 bits per heavy atom. The quantitative estimate of drug-likeness (QED) is 0.705. The van der Waals surface area contributed by atoms with Gasteiger partial charge in [0, 0.05) is 31.2 Å². The molecule has 4 rings (SSSR count). The molecular weight excluding hydrogens is 406 g/mol. The SMILES string of the molecule is CN1CCc2ccc(N3C(=O)N(C4CCC(CCC(=O)O)CC4)C(=O)C3(C)C)cc2CC1. The minimum Gasteiger partial charge on any atom is -0.481 e. The summed E-state index contributed by atoms with van der Waals surface area (Å²) in [4.78, 5) is 43.3. The molecule has 2 fully saturated rings. The number of carboxylic acid groups (broad SMARTS) is 1. The van der Waals surface area contributed by atoms with Crippen LogP contribution in [-0.2, 0) is 22.4 Å². The van der Waals surface area contributed by atoms with Gasteiger partial charge in [-0.25, -0.2) is 4.79 Å². The van der Waals surface area contributed by atoms with Crippen LogP contribution >= 0.6 is 0 Å². The minimum atomic E-state index is -0.924. The number of imide groups is 1. The summed E-state index contributed by atoms with van der Waals surface area (Å²) in [5.41, 5.74) is 2.47. The Hall–Kier alpha value is -2.41. The van der Waals surface area contributed by atoms with E-state index in [9.17, 15) is 14.4 Å². The van der Waals surface area contributed by atoms with Gasteiger partial charge in [-0.3, -0.25) is 19.4 Å². The summed E-state index contributed by atoms with van der Waals surface area (Å²) < 4.78 is 0. The largest absolute Gasteiger partial charge is 0.481 e. The molecular formula is C25H35N3O4. The number of likely N-dealkylation sites (N-methyl/N-ethyl adjacent to an activating group) is 1. The Morgan fingerprint density at radius 2 is 1.72 bits per heavy atom. The normalized spacial score (nSPS) is 26.2. The highest BCUT2D eigenvalue weighted by atomic mass is 16.4. The lowest BCUT2D eigenvalue weighted by Crippen LogP contribution is -2.45. The van der Waals surface area contributed by atoms with E-state index in [0.29, 0.717) is 12.3 Å². The number of nitrogens with zero attached hydrogens (tertiary/aromatic N) is 3. The number of fused-ring (bicyclic) bond motifs is 1. The standard InChI is InChI=1S/C25H35N3O4/c1-25(2)23(31)27(20-8-4-17(5-9-20)6-11-22(29)30)24(32)28(25)21-10-7-18-12-14-26(3)15-13-19(18)16-21/h7,10,16-17,20H,4-6,8-9,11-15H2,1-3H3,(H,29,30). The fraction of sp³-hybridized carbons (Fsp3) is 0.640. The van der Waals surface area contributed by atoms with E-state index in [0.717, 1.165) is 57.3 Å². The molecule has 1 aliphatic carbocycles. The van der Waals surface area contributed by atoms with E-state index >= 15 is 0 Å². The van der Waals surface area contributed by atoms with Crippen LogP contribution in [0.25, 0.3) is 0 Å². The molecule has 0 atom stereocenters. The number of rotatable bonds is 5. The van der Waals surface area contributed by atoms with Gasteiger partial charge >= 0.3 is 12.0 Å². The van der Waals surface area contributed by atoms with Gasteiger partial charge in [-0.2, -0.15) is 0 Å². The zero-order valence-electron chi connectivity index (χ0n) is 19.5. The Morgan fingerprint density at radius 3 is 2.38 bits per heavy atom. The highest BCUT2D eigenvalue weighted by Gasteiger charge is 2.54. The van der Waals surface area contributed by atoms with Crippen LogP contribution in [0, 0.1) is 5.92 Å². The number of carboxylic acids is 1. The summed E-state index contributed by atoms with van der Waals surface area (Å²) in [6.45, 7) is 5.70. The number of amides is 3. The lowest BCUT2D eigenvalue weighted by atomic mass is 9.82. The van der Waals surface area contributed by atoms with Gasteiger partial charge in [0.05, 0.1) is 0 Å². The molecule has 3 aliphatic rings. The minimum absolute atomic E-state index is 0.102. The zero-order valence-corrected chi connectivity index (χ0v) is 19.5. The maximum absolute atomic E-state index is 13.6. The Kier molecular flexibility index (Phi) is 6.30. The summed E-state index contributed by atoms with van der Waals surface area (Å²) in [6, 6.07) is 5.89. The van der Waals surface area contributed by atoms with Crippen LogP contribution in [0.1, 0.15) is 63.5 Å². The van der Waals surface area contributed by atoms with Crippen molar-refractivity contribution in [2.24, 2.45) is 5.92 Å². The van der Waals surface area contributed by atoms with Crippen molar-refractivity contribution in [2.75, 3.05) is 25.0 Å². The molecule has 2 heterocycles. The van der Waals surface area contributed by atoms with Crippen molar-refractivity contribution in [3.8, 4) is 0 Å². The van der Waals surface area contributed by atoms with E-state index in [2.05, 4.69) is 24.1 Å². The summed E-state index contributed by atoms with van der Waals surface area (Å²) in [7, 11) is 2.13. The van der Waals surface area contributed by atoms with E-state index in [-0.39, 0.29) is 24.4 Å². The van der Waals surface area contributed by atoms with Crippen LogP contribution < -0.4 is 4.90 Å². The van der Waals surface area contributed by atoms with Crippen LogP contribution in [0.5, 0.6) is 0 Å². The van der Waals surface area contributed by atoms with Crippen LogP contribution in [-0.4, -0.2) is 64.5 Å². The van der Waals surface area contributed by atoms with Gasteiger partial charge in [0.25, 0.3) is 5.91 Å². The number of aliphatic carboxylic acids is 1. The highest BCUT2D eigenvalue weighted by Crippen LogP contribution is 2.39. The van der Waals surface area contributed by atoms with Gasteiger partial charge in [-0.1, -0.05) is 6.07 Å². The first-order chi connectivity index (χ1) is 15.2. The number of carbonyl (C=O) groups is 3. The van der Waals surface area contributed by atoms with Crippen LogP contribution in [0.2, 0.25) is 0 Å². The van der Waals surface area contributed by atoms with Crippen LogP contribution in [0.3, 0.4) is 0 Å². The molecule has 0 spiro atoms. The first-order valence-electron chi connectivity index (χ1n) is 11.9. The summed E-state index contributed by atoms with van der Waals surface area (Å²) in [6.07, 6.45) is 6.03. The fourth-order valence-electron chi connectivity index (χ4n) is 5.56. The molecule has 7 nitrogen and oxygen atoms in total. The molecule has 7 heteroatoms. The van der Waals surface area contributed by atoms with E-state index < -0.39 is 11.5 Å². The molecule has 0 bridgehead atoms. The van der Waals surface area contributed by atoms with Crippen LogP contribution in [0.4, 0.5) is 10.5 Å². The van der Waals surface area contributed by atoms with Gasteiger partial charge in [0.2, 0.25) is 0 Å². The lowest BCUT2D eigenvalue weighted by Gasteiger charge is -2.33. The molecule has 174 valence electrons. The van der Waals surface area contributed by atoms with E-state index in [1.165, 1.54) is 16.0 Å². The smallest absolute Gasteiger partial charge is 0.332 e. The molecule has 1 aromatic carbocycles. The second-order valence-corrected chi connectivity index (χ2v) is 10.2. The Balaban J connectivity index is 1.52. The summed E-state index contributed by atoms with van der Waals surface area (Å²) in [5.74, 6) is -0.532. The molecule has 1 aromatic rings. The third-order valence-electron chi connectivity index (χ3n) is 7.62. The first-order valence-corrected chi connectivity index (χ1v) is 11.9. The first kappa shape index (κ1) is 22.8. The lowest BCUT2D eigenvalue weighted by molar-refractivity contribution is -0.137. The maximum Gasteiger partial charge on any atom is 0.332 e. The average Bonchev–Trinajstić information content (AvgIpc) is 2.87. The third-order valence-corrected chi connectivity index (χ3v) is 7.62. The molecule has 3 amide bonds. The van der Waals surface area contributed by atoms with Crippen molar-refractivity contribution >= 4 is 23.6 Å². The summed E-state index contributed by atoms with van der Waals surface area (Å²) in [5, 5.41) is 8.93. The molecule has 0 unspecified atom stereocenters. The molecule has 1 saturated heterocycles. The third kappa shape index (κ3) is 4.27. The number of urea groups is 1. The molecule has 32 heavy (non-hydrogen) atoms. The average molecular weight is 442 g/mol. The molecule has 2 aliphatic heterocycles. The van der Waals surface area contributed by atoms with E-state index in [4.69, 9.17) is 5.11 Å². The number of carbonyl (C=O) groups excluding carboxylic acids is 2. The molecule has 1 N–H and O–H groups in total. The monoisotopic (exact) mass is 441 g/mol. The Labute approximate surface area is 190 Å². The van der Waals surface area contributed by atoms with Crippen molar-refractivity contribution in [3.63, 3.8) is 0 Å². The molecule has 0 aromatic heterocycles. The second kappa shape index (κ2) is 8.85. The molecule has 1 saturated carbocycles. The topological polar surface area (TPSA) is 81.2 Å². The van der Waals surface area contributed by atoms with Crippen molar-refractivity contribution in [2.45, 2.75) is 76.8 Å². The van der Waals surface area contributed by atoms with Gasteiger partial charge < -0.3 is 10.0 Å². The second-order valence-electron chi connectivity index (χ2n) is 10.2. The fourth-order valence-corrected chi connectivity index (χ4v) is 5.56. The van der Waals surface area contributed by atoms with Crippen molar-refractivity contribution in [1.29, 1.82) is 0 Å². The zero-order chi connectivity index (χ0) is 23.0. The predicted molar refractivity (Wildman–Crippen MR) is 123 cm³/mol. The van der Waals surface area contributed by atoms with Crippen molar-refractivity contribution in [1.82, 2.24) is 9.80 Å². The predicted octanol–water partition coefficient (Wildman–Crippen LogP) is 3.69.